The third-order valence-corrected chi connectivity index (χ3v) is 9.09. The van der Waals surface area contributed by atoms with Crippen molar-refractivity contribution in [1.29, 1.82) is 0 Å². The predicted octanol–water partition coefficient (Wildman–Crippen LogP) is 8.40. The van der Waals surface area contributed by atoms with Gasteiger partial charge in [-0.15, -0.1) is 0 Å². The number of ether oxygens (including phenoxy) is 2. The van der Waals surface area contributed by atoms with E-state index in [-0.39, 0.29) is 11.2 Å². The number of hydrogen-bond donors (Lipinski definition) is 1. The summed E-state index contributed by atoms with van der Waals surface area (Å²) in [5, 5.41) is 10.5. The molecule has 2 aliphatic rings. The van der Waals surface area contributed by atoms with Crippen LogP contribution in [0, 0.1) is 25.1 Å². The van der Waals surface area contributed by atoms with Gasteiger partial charge < -0.3 is 19.5 Å². The fourth-order valence-electron chi connectivity index (χ4n) is 6.66. The summed E-state index contributed by atoms with van der Waals surface area (Å²) >= 11 is 0. The van der Waals surface area contributed by atoms with Gasteiger partial charge >= 0.3 is 5.97 Å². The van der Waals surface area contributed by atoms with Crippen LogP contribution >= 0.6 is 0 Å². The number of pyridine rings is 1. The molecule has 1 fully saturated rings. The van der Waals surface area contributed by atoms with E-state index in [2.05, 4.69) is 37.8 Å². The molecule has 7 heteroatoms. The van der Waals surface area contributed by atoms with E-state index in [1.165, 1.54) is 12.1 Å². The van der Waals surface area contributed by atoms with Crippen molar-refractivity contribution in [2.24, 2.45) is 5.41 Å². The highest BCUT2D eigenvalue weighted by atomic mass is 19.1. The summed E-state index contributed by atoms with van der Waals surface area (Å²) in [6.07, 6.45) is 3.22. The summed E-state index contributed by atoms with van der Waals surface area (Å²) in [5.41, 5.74) is 6.38. The second-order valence-electron chi connectivity index (χ2n) is 14.7. The number of aryl methyl sites for hydroxylation is 3. The number of aromatic nitrogens is 1. The van der Waals surface area contributed by atoms with Crippen LogP contribution in [0.5, 0.6) is 5.75 Å². The van der Waals surface area contributed by atoms with E-state index in [9.17, 15) is 14.3 Å². The van der Waals surface area contributed by atoms with Gasteiger partial charge in [0.15, 0.2) is 6.10 Å². The third-order valence-electron chi connectivity index (χ3n) is 9.09. The van der Waals surface area contributed by atoms with Gasteiger partial charge in [0.25, 0.3) is 0 Å². The monoisotopic (exact) mass is 602 g/mol. The van der Waals surface area contributed by atoms with Gasteiger partial charge in [-0.05, 0) is 114 Å². The van der Waals surface area contributed by atoms with Gasteiger partial charge in [-0.2, -0.15) is 0 Å². The van der Waals surface area contributed by atoms with Gasteiger partial charge in [-0.3, -0.25) is 4.98 Å². The topological polar surface area (TPSA) is 71.9 Å². The quantitative estimate of drug-likeness (QED) is 0.293. The van der Waals surface area contributed by atoms with E-state index in [4.69, 9.17) is 14.5 Å². The summed E-state index contributed by atoms with van der Waals surface area (Å²) < 4.78 is 26.3. The lowest BCUT2D eigenvalue weighted by molar-refractivity contribution is -0.160. The molecule has 1 aromatic heterocycles. The summed E-state index contributed by atoms with van der Waals surface area (Å²) in [6, 6.07) is 12.9. The first-order valence-electron chi connectivity index (χ1n) is 15.8. The molecule has 3 heterocycles. The zero-order valence-corrected chi connectivity index (χ0v) is 27.5. The van der Waals surface area contributed by atoms with Gasteiger partial charge in [-0.1, -0.05) is 32.0 Å². The van der Waals surface area contributed by atoms with Gasteiger partial charge in [-0.25, -0.2) is 9.18 Å². The molecule has 0 spiro atoms. The van der Waals surface area contributed by atoms with Crippen LogP contribution in [0.4, 0.5) is 10.1 Å². The number of piperidine rings is 1. The Hall–Kier alpha value is -3.45. The number of halogens is 1. The molecule has 2 atom stereocenters. The van der Waals surface area contributed by atoms with Gasteiger partial charge in [0.05, 0.1) is 11.3 Å². The first-order chi connectivity index (χ1) is 20.5. The number of benzene rings is 2. The fourth-order valence-corrected chi connectivity index (χ4v) is 6.66. The van der Waals surface area contributed by atoms with Crippen molar-refractivity contribution in [1.82, 2.24) is 4.98 Å². The SMILES string of the molecule is Cc1nc(C)c([C@H](OC(C)(C)C)C(=O)O)c(N2CCC(C)(C)CC2)c1-c1ccc2c(c1)CCC(C)(Cc1ccc(F)cc1)O2. The Kier molecular flexibility index (Phi) is 8.58. The molecule has 3 aromatic rings. The summed E-state index contributed by atoms with van der Waals surface area (Å²) in [6.45, 7) is 17.9. The number of hydrogen-bond acceptors (Lipinski definition) is 5. The highest BCUT2D eigenvalue weighted by Gasteiger charge is 2.37. The number of nitrogens with zero attached hydrogens (tertiary/aromatic N) is 2. The Morgan fingerprint density at radius 3 is 2.32 bits per heavy atom. The highest BCUT2D eigenvalue weighted by Crippen LogP contribution is 2.46. The Morgan fingerprint density at radius 1 is 1.05 bits per heavy atom. The lowest BCUT2D eigenvalue weighted by atomic mass is 9.81. The van der Waals surface area contributed by atoms with Crippen LogP contribution in [0.2, 0.25) is 0 Å². The molecular weight excluding hydrogens is 555 g/mol. The van der Waals surface area contributed by atoms with E-state index in [0.29, 0.717) is 17.7 Å². The number of rotatable bonds is 7. The first kappa shape index (κ1) is 32.0. The molecule has 44 heavy (non-hydrogen) atoms. The Morgan fingerprint density at radius 2 is 1.70 bits per heavy atom. The number of carbonyl (C=O) groups is 1. The minimum absolute atomic E-state index is 0.228. The largest absolute Gasteiger partial charge is 0.487 e. The summed E-state index contributed by atoms with van der Waals surface area (Å²) in [4.78, 5) is 20.1. The molecule has 1 unspecified atom stereocenters. The number of carboxylic acids is 1. The Bertz CT molecular complexity index is 1530. The molecule has 5 rings (SSSR count). The van der Waals surface area contributed by atoms with Gasteiger partial charge in [0.1, 0.15) is 17.2 Å². The van der Waals surface area contributed by atoms with Crippen LogP contribution in [0.3, 0.4) is 0 Å². The molecule has 6 nitrogen and oxygen atoms in total. The van der Waals surface area contributed by atoms with E-state index in [0.717, 1.165) is 78.2 Å². The van der Waals surface area contributed by atoms with Crippen LogP contribution in [-0.4, -0.2) is 40.4 Å². The van der Waals surface area contributed by atoms with E-state index in [1.54, 1.807) is 0 Å². The fraction of sp³-hybridized carbons (Fsp3) is 0.514. The molecule has 1 saturated heterocycles. The average Bonchev–Trinajstić information content (AvgIpc) is 2.92. The van der Waals surface area contributed by atoms with E-state index < -0.39 is 23.3 Å². The molecule has 2 aromatic carbocycles. The minimum atomic E-state index is -1.15. The van der Waals surface area contributed by atoms with Crippen molar-refractivity contribution in [3.05, 3.63) is 76.4 Å². The lowest BCUT2D eigenvalue weighted by Gasteiger charge is -2.41. The minimum Gasteiger partial charge on any atom is -0.487 e. The van der Waals surface area contributed by atoms with Crippen LogP contribution in [0.15, 0.2) is 42.5 Å². The third kappa shape index (κ3) is 6.93. The number of carboxylic acid groups (broad SMARTS) is 1. The lowest BCUT2D eigenvalue weighted by Crippen LogP contribution is -2.39. The van der Waals surface area contributed by atoms with Crippen LogP contribution in [0.25, 0.3) is 11.1 Å². The zero-order chi connectivity index (χ0) is 32.0. The number of fused-ring (bicyclic) bond motifs is 1. The van der Waals surface area contributed by atoms with E-state index >= 15 is 0 Å². The molecular formula is C37H47FN2O4. The molecule has 0 bridgehead atoms. The molecule has 1 N–H and O–H groups in total. The van der Waals surface area contributed by atoms with Crippen molar-refractivity contribution >= 4 is 11.7 Å². The van der Waals surface area contributed by atoms with Gasteiger partial charge in [0, 0.05) is 42.0 Å². The number of anilines is 1. The summed E-state index contributed by atoms with van der Waals surface area (Å²) in [5.74, 6) is -0.404. The first-order valence-corrected chi connectivity index (χ1v) is 15.8. The molecule has 0 aliphatic carbocycles. The maximum absolute atomic E-state index is 13.5. The maximum Gasteiger partial charge on any atom is 0.337 e. The highest BCUT2D eigenvalue weighted by molar-refractivity contribution is 5.88. The van der Waals surface area contributed by atoms with Crippen molar-refractivity contribution in [3.63, 3.8) is 0 Å². The van der Waals surface area contributed by atoms with Crippen molar-refractivity contribution in [2.75, 3.05) is 18.0 Å². The normalized spacial score (nSPS) is 20.5. The van der Waals surface area contributed by atoms with E-state index in [1.807, 2.05) is 52.8 Å². The standard InChI is InChI=1S/C37H47FN2O4/c1-23-30(27-11-14-29-26(21-27)15-16-37(8,43-29)22-25-9-12-28(38)13-10-25)32(40-19-17-36(6,7)18-20-40)31(24(2)39-23)33(34(41)42)44-35(3,4)5/h9-14,21,33H,15-20,22H2,1-8H3,(H,41,42)/t33-,37?/m0/s1. The maximum atomic E-state index is 13.5. The van der Waals surface area contributed by atoms with Crippen molar-refractivity contribution in [2.45, 2.75) is 105 Å². The predicted molar refractivity (Wildman–Crippen MR) is 173 cm³/mol. The molecule has 2 aliphatic heterocycles. The van der Waals surface area contributed by atoms with Crippen molar-refractivity contribution in [3.8, 4) is 16.9 Å². The zero-order valence-electron chi connectivity index (χ0n) is 27.5. The van der Waals surface area contributed by atoms with Crippen LogP contribution in [0.1, 0.15) is 95.0 Å². The van der Waals surface area contributed by atoms with Gasteiger partial charge in [0.2, 0.25) is 0 Å². The second kappa shape index (κ2) is 11.8. The Balaban J connectivity index is 1.58. The number of aliphatic carboxylic acids is 1. The van der Waals surface area contributed by atoms with Crippen LogP contribution in [-0.2, 0) is 22.4 Å². The molecule has 0 radical (unpaired) electrons. The summed E-state index contributed by atoms with van der Waals surface area (Å²) in [7, 11) is 0. The smallest absolute Gasteiger partial charge is 0.337 e. The Labute approximate surface area is 261 Å². The molecule has 0 saturated carbocycles. The average molecular weight is 603 g/mol. The molecule has 0 amide bonds. The van der Waals surface area contributed by atoms with Crippen molar-refractivity contribution < 1.29 is 23.8 Å². The van der Waals surface area contributed by atoms with Crippen LogP contribution < -0.4 is 9.64 Å². The molecule has 236 valence electrons. The second-order valence-corrected chi connectivity index (χ2v) is 14.7.